The topological polar surface area (TPSA) is 0 Å². The van der Waals surface area contributed by atoms with Crippen LogP contribution in [0.4, 0.5) is 0 Å². The van der Waals surface area contributed by atoms with Gasteiger partial charge in [0.15, 0.2) is 0 Å². The van der Waals surface area contributed by atoms with Crippen LogP contribution in [0.3, 0.4) is 0 Å². The largest absolute Gasteiger partial charge is 0.133 e. The molecule has 0 radical (unpaired) electrons. The van der Waals surface area contributed by atoms with Crippen molar-refractivity contribution in [1.82, 2.24) is 0 Å². The number of benzene rings is 3. The van der Waals surface area contributed by atoms with E-state index in [2.05, 4.69) is 70.2 Å². The summed E-state index contributed by atoms with van der Waals surface area (Å²) in [6, 6.07) is 16.0. The van der Waals surface area contributed by atoms with Gasteiger partial charge in [0, 0.05) is 0 Å². The Balaban J connectivity index is 2.40. The first-order valence-corrected chi connectivity index (χ1v) is 9.29. The summed E-state index contributed by atoms with van der Waals surface area (Å²) in [5.74, 6) is 0. The lowest BCUT2D eigenvalue weighted by atomic mass is 9.96. The molecule has 0 aliphatic carbocycles. The van der Waals surface area contributed by atoms with E-state index in [1.54, 1.807) is 0 Å². The van der Waals surface area contributed by atoms with Gasteiger partial charge in [0.1, 0.15) is 0 Å². The maximum absolute atomic E-state index is 2.85. The minimum absolute atomic E-state index is 1.00. The van der Waals surface area contributed by atoms with E-state index in [0.29, 0.717) is 0 Å². The second-order valence-corrected chi connectivity index (χ2v) is 6.31. The van der Waals surface area contributed by atoms with Gasteiger partial charge in [-0.25, -0.2) is 0 Å². The quantitative estimate of drug-likeness (QED) is 0.465. The molecule has 20 heavy (non-hydrogen) atoms. The molecule has 3 rings (SSSR count). The van der Waals surface area contributed by atoms with Crippen LogP contribution in [0.5, 0.6) is 0 Å². The molecule has 3 atom stereocenters. The third-order valence-electron chi connectivity index (χ3n) is 3.85. The molecule has 0 saturated heterocycles. The predicted molar refractivity (Wildman–Crippen MR) is 102 cm³/mol. The van der Waals surface area contributed by atoms with Gasteiger partial charge in [-0.15, -0.1) is 27.7 Å². The van der Waals surface area contributed by atoms with Crippen molar-refractivity contribution < 1.29 is 0 Å². The highest BCUT2D eigenvalue weighted by Crippen LogP contribution is 2.31. The molecule has 3 unspecified atom stereocenters. The van der Waals surface area contributed by atoms with Crippen LogP contribution < -0.4 is 0 Å². The predicted octanol–water partition coefficient (Wildman–Crippen LogP) is 5.12. The van der Waals surface area contributed by atoms with Crippen molar-refractivity contribution in [3.8, 4) is 0 Å². The molecule has 3 aromatic carbocycles. The fourth-order valence-corrected chi connectivity index (χ4v) is 3.61. The Kier molecular flexibility index (Phi) is 4.37. The zero-order chi connectivity index (χ0) is 14.1. The van der Waals surface area contributed by atoms with Crippen molar-refractivity contribution in [2.45, 2.75) is 18.5 Å². The van der Waals surface area contributed by atoms with Crippen molar-refractivity contribution in [3.63, 3.8) is 0 Å². The van der Waals surface area contributed by atoms with Crippen LogP contribution >= 0.6 is 27.7 Å². The van der Waals surface area contributed by atoms with Crippen molar-refractivity contribution in [2.75, 3.05) is 0 Å². The Hall–Kier alpha value is -0.530. The van der Waals surface area contributed by atoms with Gasteiger partial charge in [-0.05, 0) is 56.7 Å². The van der Waals surface area contributed by atoms with Crippen LogP contribution in [0.2, 0.25) is 0 Å². The molecule has 0 nitrogen and oxygen atoms in total. The van der Waals surface area contributed by atoms with E-state index in [1.165, 1.54) is 38.2 Å². The van der Waals surface area contributed by atoms with Gasteiger partial charge >= 0.3 is 0 Å². The fourth-order valence-electron chi connectivity index (χ4n) is 2.78. The molecular weight excluding hydrogens is 297 g/mol. The summed E-state index contributed by atoms with van der Waals surface area (Å²) >= 11 is 0. The molecule has 0 aliphatic rings. The minimum atomic E-state index is 1.00. The second-order valence-electron chi connectivity index (χ2n) is 5.08. The smallest absolute Gasteiger partial charge is 0.00996 e. The van der Waals surface area contributed by atoms with Crippen LogP contribution in [0.15, 0.2) is 42.5 Å². The van der Waals surface area contributed by atoms with E-state index >= 15 is 0 Å². The molecule has 0 bridgehead atoms. The van der Waals surface area contributed by atoms with Gasteiger partial charge in [-0.1, -0.05) is 42.5 Å². The molecule has 0 aromatic heterocycles. The Morgan fingerprint density at radius 2 is 1.35 bits per heavy atom. The molecular formula is C17H19P3. The number of rotatable bonds is 3. The van der Waals surface area contributed by atoms with Gasteiger partial charge in [-0.3, -0.25) is 0 Å². The molecule has 102 valence electrons. The summed E-state index contributed by atoms with van der Waals surface area (Å²) in [5, 5.41) is 5.47. The lowest BCUT2D eigenvalue weighted by Gasteiger charge is -2.11. The molecule has 0 amide bonds. The SMILES string of the molecule is PCc1ccc2c(ccc3c(CP)cc(CP)cc32)c1. The summed E-state index contributed by atoms with van der Waals surface area (Å²) in [7, 11) is 8.48. The van der Waals surface area contributed by atoms with E-state index in [1.807, 2.05) is 0 Å². The average Bonchev–Trinajstić information content (AvgIpc) is 2.52. The van der Waals surface area contributed by atoms with Gasteiger partial charge in [0.2, 0.25) is 0 Å². The van der Waals surface area contributed by atoms with E-state index in [-0.39, 0.29) is 0 Å². The first kappa shape index (κ1) is 14.4. The summed E-state index contributed by atoms with van der Waals surface area (Å²) in [6.45, 7) is 0. The molecule has 0 fully saturated rings. The zero-order valence-electron chi connectivity index (χ0n) is 11.4. The van der Waals surface area contributed by atoms with Crippen molar-refractivity contribution >= 4 is 49.3 Å². The first-order valence-electron chi connectivity index (χ1n) is 6.84. The molecule has 0 saturated carbocycles. The third-order valence-corrected chi connectivity index (χ3v) is 5.24. The first-order chi connectivity index (χ1) is 9.76. The van der Waals surface area contributed by atoms with E-state index in [4.69, 9.17) is 0 Å². The van der Waals surface area contributed by atoms with E-state index in [0.717, 1.165) is 18.5 Å². The number of fused-ring (bicyclic) bond motifs is 3. The summed E-state index contributed by atoms with van der Waals surface area (Å²) in [6.07, 6.45) is 3.02. The number of hydrogen-bond donors (Lipinski definition) is 0. The monoisotopic (exact) mass is 316 g/mol. The van der Waals surface area contributed by atoms with E-state index in [9.17, 15) is 0 Å². The van der Waals surface area contributed by atoms with Crippen molar-refractivity contribution in [2.24, 2.45) is 0 Å². The fraction of sp³-hybridized carbons (Fsp3) is 0.176. The Bertz CT molecular complexity index is 778. The summed E-state index contributed by atoms with van der Waals surface area (Å²) in [5.41, 5.74) is 4.18. The molecule has 3 heteroatoms. The van der Waals surface area contributed by atoms with Crippen molar-refractivity contribution in [1.29, 1.82) is 0 Å². The van der Waals surface area contributed by atoms with Crippen LogP contribution in [0.1, 0.15) is 16.7 Å². The second kappa shape index (κ2) is 6.07. The average molecular weight is 316 g/mol. The van der Waals surface area contributed by atoms with Crippen LogP contribution in [-0.2, 0) is 18.5 Å². The number of hydrogen-bond acceptors (Lipinski definition) is 0. The highest BCUT2D eigenvalue weighted by molar-refractivity contribution is 7.15. The van der Waals surface area contributed by atoms with Crippen molar-refractivity contribution in [3.05, 3.63) is 59.2 Å². The Morgan fingerprint density at radius 1 is 0.600 bits per heavy atom. The zero-order valence-corrected chi connectivity index (χ0v) is 14.9. The molecule has 0 aliphatic heterocycles. The maximum Gasteiger partial charge on any atom is -0.00996 e. The Morgan fingerprint density at radius 3 is 2.05 bits per heavy atom. The molecule has 0 heterocycles. The molecule has 0 N–H and O–H groups in total. The lowest BCUT2D eigenvalue weighted by Crippen LogP contribution is -1.88. The summed E-state index contributed by atoms with van der Waals surface area (Å²) < 4.78 is 0. The highest BCUT2D eigenvalue weighted by atomic mass is 31.0. The standard InChI is InChI=1S/C17H19P3/c18-8-11-1-3-15-13(5-11)2-4-16-14(10-20)6-12(9-19)7-17(15)16/h1-7H,8-10,18-20H2. The normalized spacial score (nSPS) is 11.3. The van der Waals surface area contributed by atoms with Gasteiger partial charge in [0.25, 0.3) is 0 Å². The molecule has 0 spiro atoms. The third kappa shape index (κ3) is 2.51. The van der Waals surface area contributed by atoms with Gasteiger partial charge in [-0.2, -0.15) is 0 Å². The van der Waals surface area contributed by atoms with Gasteiger partial charge in [0.05, 0.1) is 0 Å². The Labute approximate surface area is 127 Å². The van der Waals surface area contributed by atoms with Crippen LogP contribution in [0.25, 0.3) is 21.5 Å². The highest BCUT2D eigenvalue weighted by Gasteiger charge is 2.06. The lowest BCUT2D eigenvalue weighted by molar-refractivity contribution is 1.37. The molecule has 3 aromatic rings. The summed E-state index contributed by atoms with van der Waals surface area (Å²) in [4.78, 5) is 0. The van der Waals surface area contributed by atoms with Gasteiger partial charge < -0.3 is 0 Å². The maximum atomic E-state index is 2.85. The van der Waals surface area contributed by atoms with Crippen LogP contribution in [-0.4, -0.2) is 0 Å². The van der Waals surface area contributed by atoms with Crippen LogP contribution in [0, 0.1) is 0 Å². The minimum Gasteiger partial charge on any atom is -0.133 e. The van der Waals surface area contributed by atoms with E-state index < -0.39 is 0 Å².